The van der Waals surface area contributed by atoms with Crippen LogP contribution in [0.1, 0.15) is 28.0 Å². The number of Topliss-reactive ketones (excluding diaryl/α,β-unsaturated/α-hetero) is 1. The molecule has 0 fully saturated rings. The molecule has 2 heteroatoms. The van der Waals surface area contributed by atoms with Gasteiger partial charge in [-0.25, -0.2) is 0 Å². The van der Waals surface area contributed by atoms with Crippen LogP contribution in [-0.2, 0) is 6.42 Å². The van der Waals surface area contributed by atoms with Crippen LogP contribution in [0, 0.1) is 0 Å². The van der Waals surface area contributed by atoms with Gasteiger partial charge in [0.15, 0.2) is 0 Å². The third kappa shape index (κ3) is 2.00. The number of hydrogen-bond donors (Lipinski definition) is 1. The Hall–Kier alpha value is -2.61. The number of aromatic amines is 1. The largest absolute Gasteiger partial charge is 0.352 e. The van der Waals surface area contributed by atoms with E-state index in [0.29, 0.717) is 0 Å². The number of fused-ring (bicyclic) bond motifs is 3. The van der Waals surface area contributed by atoms with Gasteiger partial charge in [0.05, 0.1) is 5.69 Å². The molecule has 2 aromatic carbocycles. The number of nitrogens with one attached hydrogen (secondary N) is 1. The lowest BCUT2D eigenvalue weighted by Gasteiger charge is -2.14. The quantitative estimate of drug-likeness (QED) is 0.656. The number of para-hydroxylation sites is 1. The highest BCUT2D eigenvalue weighted by Crippen LogP contribution is 2.31. The fourth-order valence-electron chi connectivity index (χ4n) is 3.08. The number of allylic oxidation sites excluding steroid dienone is 1. The number of aromatic nitrogens is 1. The van der Waals surface area contributed by atoms with Gasteiger partial charge in [0.2, 0.25) is 5.78 Å². The minimum atomic E-state index is 0.135. The molecule has 0 aliphatic heterocycles. The zero-order valence-corrected chi connectivity index (χ0v) is 11.6. The molecule has 1 N–H and O–H groups in total. The SMILES string of the molecule is O=C1C(=Cc2ccccc2)CCc2c1[nH]c1ccccc21. The van der Waals surface area contributed by atoms with E-state index in [1.165, 1.54) is 10.9 Å². The summed E-state index contributed by atoms with van der Waals surface area (Å²) in [5.41, 5.74) is 4.96. The average molecular weight is 273 g/mol. The van der Waals surface area contributed by atoms with Crippen molar-refractivity contribution in [1.29, 1.82) is 0 Å². The van der Waals surface area contributed by atoms with Gasteiger partial charge in [-0.15, -0.1) is 0 Å². The van der Waals surface area contributed by atoms with Crippen molar-refractivity contribution in [1.82, 2.24) is 4.98 Å². The third-order valence-electron chi connectivity index (χ3n) is 4.12. The van der Waals surface area contributed by atoms with Crippen molar-refractivity contribution in [3.05, 3.63) is 77.0 Å². The molecule has 1 aliphatic rings. The lowest BCUT2D eigenvalue weighted by Crippen LogP contribution is -2.13. The highest BCUT2D eigenvalue weighted by Gasteiger charge is 2.25. The summed E-state index contributed by atoms with van der Waals surface area (Å²) in [5.74, 6) is 0.135. The van der Waals surface area contributed by atoms with E-state index in [1.54, 1.807) is 0 Å². The Labute approximate surface area is 123 Å². The van der Waals surface area contributed by atoms with Gasteiger partial charge in [0.1, 0.15) is 0 Å². The summed E-state index contributed by atoms with van der Waals surface area (Å²) in [4.78, 5) is 16.0. The molecule has 1 aliphatic carbocycles. The molecular weight excluding hydrogens is 258 g/mol. The van der Waals surface area contributed by atoms with Gasteiger partial charge < -0.3 is 4.98 Å². The summed E-state index contributed by atoms with van der Waals surface area (Å²) < 4.78 is 0. The summed E-state index contributed by atoms with van der Waals surface area (Å²) in [5, 5.41) is 1.18. The van der Waals surface area contributed by atoms with Gasteiger partial charge in [-0.1, -0.05) is 48.5 Å². The first-order chi connectivity index (χ1) is 10.3. The summed E-state index contributed by atoms with van der Waals surface area (Å²) in [6.45, 7) is 0. The Bertz CT molecular complexity index is 856. The van der Waals surface area contributed by atoms with Crippen LogP contribution in [0.15, 0.2) is 60.2 Å². The molecule has 0 radical (unpaired) electrons. The molecule has 102 valence electrons. The minimum absolute atomic E-state index is 0.135. The molecule has 0 amide bonds. The standard InChI is InChI=1S/C19H15NO/c21-19-14(12-13-6-2-1-3-7-13)10-11-16-15-8-4-5-9-17(15)20-18(16)19/h1-9,12,20H,10-11H2. The lowest BCUT2D eigenvalue weighted by molar-refractivity contribution is 0.102. The van der Waals surface area contributed by atoms with Crippen molar-refractivity contribution < 1.29 is 4.79 Å². The Kier molecular flexibility index (Phi) is 2.74. The van der Waals surface area contributed by atoms with E-state index in [0.717, 1.165) is 35.2 Å². The highest BCUT2D eigenvalue weighted by molar-refractivity contribution is 6.14. The summed E-state index contributed by atoms with van der Waals surface area (Å²) in [6.07, 6.45) is 3.74. The molecule has 0 unspecified atom stereocenters. The Morgan fingerprint density at radius 3 is 2.52 bits per heavy atom. The summed E-state index contributed by atoms with van der Waals surface area (Å²) >= 11 is 0. The zero-order chi connectivity index (χ0) is 14.2. The van der Waals surface area contributed by atoms with Crippen molar-refractivity contribution in [2.45, 2.75) is 12.8 Å². The number of H-pyrrole nitrogens is 1. The maximum Gasteiger partial charge on any atom is 0.205 e. The number of carbonyl (C=O) groups excluding carboxylic acids is 1. The van der Waals surface area contributed by atoms with Crippen molar-refractivity contribution in [3.8, 4) is 0 Å². The van der Waals surface area contributed by atoms with E-state index in [-0.39, 0.29) is 5.78 Å². The molecule has 0 bridgehead atoms. The maximum atomic E-state index is 12.7. The third-order valence-corrected chi connectivity index (χ3v) is 4.12. The fourth-order valence-corrected chi connectivity index (χ4v) is 3.08. The van der Waals surface area contributed by atoms with Crippen LogP contribution in [0.2, 0.25) is 0 Å². The van der Waals surface area contributed by atoms with Crippen LogP contribution in [-0.4, -0.2) is 10.8 Å². The lowest BCUT2D eigenvalue weighted by atomic mass is 9.89. The van der Waals surface area contributed by atoms with Crippen LogP contribution in [0.5, 0.6) is 0 Å². The Morgan fingerprint density at radius 2 is 1.67 bits per heavy atom. The van der Waals surface area contributed by atoms with Crippen LogP contribution in [0.4, 0.5) is 0 Å². The molecule has 2 nitrogen and oxygen atoms in total. The van der Waals surface area contributed by atoms with Gasteiger partial charge in [-0.2, -0.15) is 0 Å². The number of benzene rings is 2. The van der Waals surface area contributed by atoms with E-state index < -0.39 is 0 Å². The smallest absolute Gasteiger partial charge is 0.205 e. The normalized spacial score (nSPS) is 16.4. The highest BCUT2D eigenvalue weighted by atomic mass is 16.1. The number of ketones is 1. The second kappa shape index (κ2) is 4.74. The van der Waals surface area contributed by atoms with Gasteiger partial charge in [0.25, 0.3) is 0 Å². The molecule has 0 saturated heterocycles. The first-order valence-electron chi connectivity index (χ1n) is 7.23. The van der Waals surface area contributed by atoms with Crippen LogP contribution in [0.3, 0.4) is 0 Å². The second-order valence-corrected chi connectivity index (χ2v) is 5.43. The van der Waals surface area contributed by atoms with Crippen LogP contribution in [0.25, 0.3) is 17.0 Å². The van der Waals surface area contributed by atoms with E-state index in [1.807, 2.05) is 54.6 Å². The predicted molar refractivity (Wildman–Crippen MR) is 85.4 cm³/mol. The Morgan fingerprint density at radius 1 is 0.905 bits per heavy atom. The van der Waals surface area contributed by atoms with Gasteiger partial charge in [-0.3, -0.25) is 4.79 Å². The van der Waals surface area contributed by atoms with Gasteiger partial charge in [0, 0.05) is 16.5 Å². The first-order valence-corrected chi connectivity index (χ1v) is 7.23. The van der Waals surface area contributed by atoms with E-state index in [9.17, 15) is 4.79 Å². The number of hydrogen-bond acceptors (Lipinski definition) is 1. The van der Waals surface area contributed by atoms with Crippen molar-refractivity contribution in [2.75, 3.05) is 0 Å². The van der Waals surface area contributed by atoms with E-state index in [2.05, 4.69) is 11.1 Å². The molecule has 21 heavy (non-hydrogen) atoms. The average Bonchev–Trinajstić information content (AvgIpc) is 2.91. The molecule has 4 rings (SSSR count). The topological polar surface area (TPSA) is 32.9 Å². The van der Waals surface area contributed by atoms with Crippen molar-refractivity contribution in [2.24, 2.45) is 0 Å². The number of carbonyl (C=O) groups is 1. The van der Waals surface area contributed by atoms with Crippen LogP contribution >= 0.6 is 0 Å². The summed E-state index contributed by atoms with van der Waals surface area (Å²) in [7, 11) is 0. The molecule has 1 heterocycles. The van der Waals surface area contributed by atoms with Gasteiger partial charge in [-0.05, 0) is 36.1 Å². The van der Waals surface area contributed by atoms with Crippen molar-refractivity contribution >= 4 is 22.8 Å². The monoisotopic (exact) mass is 273 g/mol. The maximum absolute atomic E-state index is 12.7. The fraction of sp³-hybridized carbons (Fsp3) is 0.105. The zero-order valence-electron chi connectivity index (χ0n) is 11.6. The van der Waals surface area contributed by atoms with Crippen molar-refractivity contribution in [3.63, 3.8) is 0 Å². The molecule has 0 spiro atoms. The Balaban J connectivity index is 1.80. The molecular formula is C19H15NO. The number of aryl methyl sites for hydroxylation is 1. The first kappa shape index (κ1) is 12.2. The minimum Gasteiger partial charge on any atom is -0.352 e. The van der Waals surface area contributed by atoms with Crippen LogP contribution < -0.4 is 0 Å². The molecule has 0 atom stereocenters. The van der Waals surface area contributed by atoms with E-state index >= 15 is 0 Å². The number of rotatable bonds is 1. The van der Waals surface area contributed by atoms with E-state index in [4.69, 9.17) is 0 Å². The molecule has 0 saturated carbocycles. The van der Waals surface area contributed by atoms with Gasteiger partial charge >= 0.3 is 0 Å². The summed E-state index contributed by atoms with van der Waals surface area (Å²) in [6, 6.07) is 18.2. The molecule has 3 aromatic rings. The predicted octanol–water partition coefficient (Wildman–Crippen LogP) is 4.38. The second-order valence-electron chi connectivity index (χ2n) is 5.43. The molecule has 1 aromatic heterocycles.